The first-order valence-electron chi connectivity index (χ1n) is 6.61. The van der Waals surface area contributed by atoms with E-state index in [0.29, 0.717) is 25.2 Å². The van der Waals surface area contributed by atoms with Gasteiger partial charge >= 0.3 is 0 Å². The van der Waals surface area contributed by atoms with Crippen LogP contribution < -0.4 is 5.32 Å². The summed E-state index contributed by atoms with van der Waals surface area (Å²) in [6.07, 6.45) is 0. The number of hydrogen-bond donors (Lipinski definition) is 1. The van der Waals surface area contributed by atoms with Gasteiger partial charge in [-0.1, -0.05) is 12.1 Å². The van der Waals surface area contributed by atoms with Crippen molar-refractivity contribution < 1.29 is 9.72 Å². The zero-order valence-electron chi connectivity index (χ0n) is 12.0. The number of para-hydroxylation sites is 1. The Bertz CT molecular complexity index is 555. The minimum Gasteiger partial charge on any atom is -0.331 e. The maximum absolute atomic E-state index is 12.7. The average molecular weight is 277 g/mol. The molecular formula is C14H19N3O3. The lowest BCUT2D eigenvalue weighted by Crippen LogP contribution is -2.59. The van der Waals surface area contributed by atoms with Gasteiger partial charge in [0, 0.05) is 25.2 Å². The van der Waals surface area contributed by atoms with Crippen molar-refractivity contribution in [3.05, 3.63) is 39.4 Å². The molecule has 0 bridgehead atoms. The van der Waals surface area contributed by atoms with E-state index in [2.05, 4.69) is 5.32 Å². The first-order valence-corrected chi connectivity index (χ1v) is 6.61. The van der Waals surface area contributed by atoms with E-state index in [0.717, 1.165) is 0 Å². The van der Waals surface area contributed by atoms with Crippen LogP contribution in [0.1, 0.15) is 29.8 Å². The molecule has 6 heteroatoms. The van der Waals surface area contributed by atoms with Crippen LogP contribution in [0.2, 0.25) is 0 Å². The molecule has 1 aliphatic rings. The highest BCUT2D eigenvalue weighted by atomic mass is 16.6. The Morgan fingerprint density at radius 1 is 1.45 bits per heavy atom. The van der Waals surface area contributed by atoms with E-state index in [-0.39, 0.29) is 22.7 Å². The number of hydrogen-bond acceptors (Lipinski definition) is 4. The third-order valence-corrected chi connectivity index (χ3v) is 3.70. The highest BCUT2D eigenvalue weighted by Gasteiger charge is 2.36. The molecule has 1 fully saturated rings. The Hall–Kier alpha value is -1.95. The summed E-state index contributed by atoms with van der Waals surface area (Å²) in [5.41, 5.74) is 0.234. The van der Waals surface area contributed by atoms with E-state index in [4.69, 9.17) is 0 Å². The molecule has 1 amide bonds. The number of piperazine rings is 1. The van der Waals surface area contributed by atoms with Crippen LogP contribution in [0.5, 0.6) is 0 Å². The second kappa shape index (κ2) is 5.20. The Kier molecular flexibility index (Phi) is 3.76. The Labute approximate surface area is 117 Å². The molecule has 0 atom stereocenters. The summed E-state index contributed by atoms with van der Waals surface area (Å²) < 4.78 is 0. The van der Waals surface area contributed by atoms with E-state index in [9.17, 15) is 14.9 Å². The third kappa shape index (κ3) is 2.51. The van der Waals surface area contributed by atoms with Gasteiger partial charge in [0.2, 0.25) is 0 Å². The minimum atomic E-state index is -0.474. The van der Waals surface area contributed by atoms with Crippen molar-refractivity contribution in [3.8, 4) is 0 Å². The van der Waals surface area contributed by atoms with Gasteiger partial charge in [-0.15, -0.1) is 0 Å². The molecule has 1 N–H and O–H groups in total. The van der Waals surface area contributed by atoms with Gasteiger partial charge in [-0.2, -0.15) is 0 Å². The molecule has 0 aliphatic carbocycles. The molecule has 2 rings (SSSR count). The van der Waals surface area contributed by atoms with Gasteiger partial charge in [-0.25, -0.2) is 0 Å². The summed E-state index contributed by atoms with van der Waals surface area (Å²) in [4.78, 5) is 25.1. The number of nitro benzene ring substituents is 1. The summed E-state index contributed by atoms with van der Waals surface area (Å²) in [7, 11) is 0. The van der Waals surface area contributed by atoms with Crippen molar-refractivity contribution in [1.29, 1.82) is 0 Å². The summed E-state index contributed by atoms with van der Waals surface area (Å²) in [6, 6.07) is 4.87. The molecule has 1 aliphatic heterocycles. The first-order chi connectivity index (χ1) is 9.34. The van der Waals surface area contributed by atoms with Gasteiger partial charge in [0.15, 0.2) is 0 Å². The molecule has 6 nitrogen and oxygen atoms in total. The van der Waals surface area contributed by atoms with Crippen molar-refractivity contribution in [2.75, 3.05) is 19.6 Å². The maximum atomic E-state index is 12.7. The third-order valence-electron chi connectivity index (χ3n) is 3.70. The van der Waals surface area contributed by atoms with Crippen LogP contribution in [0.15, 0.2) is 18.2 Å². The van der Waals surface area contributed by atoms with Crippen LogP contribution >= 0.6 is 0 Å². The van der Waals surface area contributed by atoms with Gasteiger partial charge in [-0.05, 0) is 26.8 Å². The van der Waals surface area contributed by atoms with Gasteiger partial charge in [0.25, 0.3) is 11.6 Å². The van der Waals surface area contributed by atoms with Crippen molar-refractivity contribution in [3.63, 3.8) is 0 Å². The molecular weight excluding hydrogens is 258 g/mol. The number of carbonyl (C=O) groups is 1. The van der Waals surface area contributed by atoms with Crippen LogP contribution in [0, 0.1) is 17.0 Å². The number of amides is 1. The molecule has 1 heterocycles. The number of rotatable bonds is 2. The second-order valence-corrected chi connectivity index (χ2v) is 5.67. The van der Waals surface area contributed by atoms with Crippen molar-refractivity contribution in [2.45, 2.75) is 26.3 Å². The lowest BCUT2D eigenvalue weighted by atomic mass is 9.97. The zero-order valence-corrected chi connectivity index (χ0v) is 12.0. The molecule has 0 radical (unpaired) electrons. The van der Waals surface area contributed by atoms with E-state index in [1.54, 1.807) is 24.0 Å². The lowest BCUT2D eigenvalue weighted by Gasteiger charge is -2.42. The van der Waals surface area contributed by atoms with Gasteiger partial charge in [0.1, 0.15) is 5.56 Å². The topological polar surface area (TPSA) is 75.5 Å². The summed E-state index contributed by atoms with van der Waals surface area (Å²) >= 11 is 0. The number of nitro groups is 1. The number of nitrogens with one attached hydrogen (secondary N) is 1. The summed E-state index contributed by atoms with van der Waals surface area (Å²) in [5.74, 6) is -0.271. The summed E-state index contributed by atoms with van der Waals surface area (Å²) in [5, 5.41) is 14.4. The fraction of sp³-hybridized carbons (Fsp3) is 0.500. The standard InChI is InChI=1S/C14H19N3O3/c1-10-5-4-6-11(12(10)17(19)20)13(18)16-8-7-15-9-14(16,2)3/h4-6,15H,7-9H2,1-3H3. The van der Waals surface area contributed by atoms with E-state index in [1.165, 1.54) is 6.07 Å². The monoisotopic (exact) mass is 277 g/mol. The number of nitrogens with zero attached hydrogens (tertiary/aromatic N) is 2. The molecule has 20 heavy (non-hydrogen) atoms. The fourth-order valence-corrected chi connectivity index (χ4v) is 2.58. The highest BCUT2D eigenvalue weighted by Crippen LogP contribution is 2.27. The average Bonchev–Trinajstić information content (AvgIpc) is 2.36. The van der Waals surface area contributed by atoms with E-state index in [1.807, 2.05) is 13.8 Å². The molecule has 1 aromatic carbocycles. The second-order valence-electron chi connectivity index (χ2n) is 5.67. The van der Waals surface area contributed by atoms with Crippen molar-refractivity contribution in [1.82, 2.24) is 10.2 Å². The Balaban J connectivity index is 2.44. The Morgan fingerprint density at radius 2 is 2.15 bits per heavy atom. The van der Waals surface area contributed by atoms with Crippen LogP contribution in [-0.2, 0) is 0 Å². The number of aryl methyl sites for hydroxylation is 1. The Morgan fingerprint density at radius 3 is 2.75 bits per heavy atom. The smallest absolute Gasteiger partial charge is 0.285 e. The van der Waals surface area contributed by atoms with Gasteiger partial charge in [0.05, 0.1) is 10.5 Å². The summed E-state index contributed by atoms with van der Waals surface area (Å²) in [6.45, 7) is 7.50. The van der Waals surface area contributed by atoms with Crippen molar-refractivity contribution in [2.24, 2.45) is 0 Å². The predicted octanol–water partition coefficient (Wildman–Crippen LogP) is 1.73. The molecule has 1 aromatic rings. The highest BCUT2D eigenvalue weighted by molar-refractivity contribution is 5.99. The maximum Gasteiger partial charge on any atom is 0.285 e. The van der Waals surface area contributed by atoms with Gasteiger partial charge in [-0.3, -0.25) is 14.9 Å². The first kappa shape index (κ1) is 14.5. The van der Waals surface area contributed by atoms with Gasteiger partial charge < -0.3 is 10.2 Å². The van der Waals surface area contributed by atoms with Crippen LogP contribution in [0.3, 0.4) is 0 Å². The SMILES string of the molecule is Cc1cccc(C(=O)N2CCNCC2(C)C)c1[N+](=O)[O-]. The quantitative estimate of drug-likeness (QED) is 0.660. The van der Waals surface area contributed by atoms with Crippen molar-refractivity contribution >= 4 is 11.6 Å². The van der Waals surface area contributed by atoms with E-state index < -0.39 is 4.92 Å². The lowest BCUT2D eigenvalue weighted by molar-refractivity contribution is -0.385. The molecule has 0 aromatic heterocycles. The zero-order chi connectivity index (χ0) is 14.9. The molecule has 0 spiro atoms. The van der Waals surface area contributed by atoms with Crippen LogP contribution in [-0.4, -0.2) is 40.9 Å². The molecule has 1 saturated heterocycles. The predicted molar refractivity (Wildman–Crippen MR) is 75.8 cm³/mol. The van der Waals surface area contributed by atoms with Crippen LogP contribution in [0.25, 0.3) is 0 Å². The number of carbonyl (C=O) groups excluding carboxylic acids is 1. The largest absolute Gasteiger partial charge is 0.331 e. The molecule has 108 valence electrons. The van der Waals surface area contributed by atoms with Crippen LogP contribution in [0.4, 0.5) is 5.69 Å². The normalized spacial score (nSPS) is 17.9. The fourth-order valence-electron chi connectivity index (χ4n) is 2.58. The minimum absolute atomic E-state index is 0.0909. The van der Waals surface area contributed by atoms with E-state index >= 15 is 0 Å². The number of benzene rings is 1. The molecule has 0 saturated carbocycles. The molecule has 0 unspecified atom stereocenters.